The number of halogens is 1. The molecule has 0 radical (unpaired) electrons. The molecule has 0 fully saturated rings. The van der Waals surface area contributed by atoms with Crippen LogP contribution in [0.15, 0.2) is 18.3 Å². The number of rotatable bonds is 4. The van der Waals surface area contributed by atoms with Crippen LogP contribution in [0.2, 0.25) is 5.15 Å². The molecule has 0 aliphatic carbocycles. The Kier molecular flexibility index (Phi) is 5.58. The maximum Gasteiger partial charge on any atom is 0.397 e. The first-order chi connectivity index (χ1) is 8.58. The lowest BCUT2D eigenvalue weighted by molar-refractivity contribution is -0.160. The van der Waals surface area contributed by atoms with Gasteiger partial charge in [0.15, 0.2) is 0 Å². The van der Waals surface area contributed by atoms with Crippen molar-refractivity contribution in [2.45, 2.75) is 20.4 Å². The predicted molar refractivity (Wildman–Crippen MR) is 67.0 cm³/mol. The number of carbonyl (C=O) groups is 2. The van der Waals surface area contributed by atoms with Crippen molar-refractivity contribution >= 4 is 23.5 Å². The molecule has 6 heteroatoms. The van der Waals surface area contributed by atoms with Crippen molar-refractivity contribution in [3.63, 3.8) is 0 Å². The standard InChI is InChI=1S/C12H15ClN2O3/c1-3-15(11(16)12(17)18-4-2)8-9-5-6-10(13)14-7-9/h5-7H,3-4,8H2,1-2H3. The van der Waals surface area contributed by atoms with E-state index < -0.39 is 11.9 Å². The highest BCUT2D eigenvalue weighted by Crippen LogP contribution is 2.08. The van der Waals surface area contributed by atoms with Gasteiger partial charge < -0.3 is 9.64 Å². The van der Waals surface area contributed by atoms with Crippen LogP contribution < -0.4 is 0 Å². The first kappa shape index (κ1) is 14.4. The van der Waals surface area contributed by atoms with Gasteiger partial charge in [-0.3, -0.25) is 4.79 Å². The normalized spacial score (nSPS) is 9.94. The Labute approximate surface area is 111 Å². The Morgan fingerprint density at radius 2 is 2.11 bits per heavy atom. The molecule has 5 nitrogen and oxygen atoms in total. The van der Waals surface area contributed by atoms with Gasteiger partial charge in [0.05, 0.1) is 6.61 Å². The highest BCUT2D eigenvalue weighted by molar-refractivity contribution is 6.32. The van der Waals surface area contributed by atoms with Crippen molar-refractivity contribution in [3.05, 3.63) is 29.0 Å². The lowest BCUT2D eigenvalue weighted by Crippen LogP contribution is -2.37. The predicted octanol–water partition coefficient (Wildman–Crippen LogP) is 1.65. The zero-order valence-electron chi connectivity index (χ0n) is 10.4. The molecule has 98 valence electrons. The van der Waals surface area contributed by atoms with Crippen molar-refractivity contribution < 1.29 is 14.3 Å². The molecule has 1 aromatic heterocycles. The van der Waals surface area contributed by atoms with Gasteiger partial charge in [-0.05, 0) is 25.5 Å². The molecular weight excluding hydrogens is 256 g/mol. The van der Waals surface area contributed by atoms with Crippen LogP contribution >= 0.6 is 11.6 Å². The summed E-state index contributed by atoms with van der Waals surface area (Å²) in [5, 5.41) is 0.388. The minimum Gasteiger partial charge on any atom is -0.459 e. The number of hydrogen-bond donors (Lipinski definition) is 0. The van der Waals surface area contributed by atoms with E-state index in [0.717, 1.165) is 5.56 Å². The van der Waals surface area contributed by atoms with Crippen LogP contribution in [0.5, 0.6) is 0 Å². The van der Waals surface area contributed by atoms with E-state index in [0.29, 0.717) is 18.2 Å². The summed E-state index contributed by atoms with van der Waals surface area (Å²) in [5.74, 6) is -1.48. The second kappa shape index (κ2) is 6.96. The number of hydrogen-bond acceptors (Lipinski definition) is 4. The van der Waals surface area contributed by atoms with E-state index in [1.165, 1.54) is 4.90 Å². The van der Waals surface area contributed by atoms with Crippen LogP contribution in [-0.4, -0.2) is 34.9 Å². The van der Waals surface area contributed by atoms with Gasteiger partial charge in [0.2, 0.25) is 0 Å². The average molecular weight is 271 g/mol. The molecule has 0 atom stereocenters. The zero-order chi connectivity index (χ0) is 13.5. The number of aromatic nitrogens is 1. The smallest absolute Gasteiger partial charge is 0.397 e. The van der Waals surface area contributed by atoms with Crippen LogP contribution in [0, 0.1) is 0 Å². The molecule has 0 saturated carbocycles. The Balaban J connectivity index is 2.69. The number of likely N-dealkylation sites (N-methyl/N-ethyl adjacent to an activating group) is 1. The molecule has 1 heterocycles. The summed E-state index contributed by atoms with van der Waals surface area (Å²) < 4.78 is 4.68. The first-order valence-corrected chi connectivity index (χ1v) is 6.02. The van der Waals surface area contributed by atoms with Gasteiger partial charge in [0.1, 0.15) is 5.15 Å². The monoisotopic (exact) mass is 270 g/mol. The molecule has 0 saturated heterocycles. The van der Waals surface area contributed by atoms with Gasteiger partial charge >= 0.3 is 11.9 Å². The number of carbonyl (C=O) groups excluding carboxylic acids is 2. The second-order valence-corrected chi connectivity index (χ2v) is 3.92. The number of nitrogens with zero attached hydrogens (tertiary/aromatic N) is 2. The fraction of sp³-hybridized carbons (Fsp3) is 0.417. The van der Waals surface area contributed by atoms with Gasteiger partial charge in [-0.2, -0.15) is 0 Å². The van der Waals surface area contributed by atoms with E-state index in [1.807, 2.05) is 0 Å². The van der Waals surface area contributed by atoms with Crippen LogP contribution in [0.3, 0.4) is 0 Å². The van der Waals surface area contributed by atoms with Gasteiger partial charge in [-0.15, -0.1) is 0 Å². The SMILES string of the molecule is CCOC(=O)C(=O)N(CC)Cc1ccc(Cl)nc1. The zero-order valence-corrected chi connectivity index (χ0v) is 11.1. The lowest BCUT2D eigenvalue weighted by Gasteiger charge is -2.19. The van der Waals surface area contributed by atoms with Crippen LogP contribution in [-0.2, 0) is 20.9 Å². The van der Waals surface area contributed by atoms with Crippen molar-refractivity contribution in [2.24, 2.45) is 0 Å². The number of pyridine rings is 1. The third kappa shape index (κ3) is 4.00. The molecule has 0 bridgehead atoms. The third-order valence-electron chi connectivity index (χ3n) is 2.28. The first-order valence-electron chi connectivity index (χ1n) is 5.65. The van der Waals surface area contributed by atoms with Crippen molar-refractivity contribution in [1.29, 1.82) is 0 Å². The molecule has 0 spiro atoms. The highest BCUT2D eigenvalue weighted by Gasteiger charge is 2.21. The number of ether oxygens (including phenoxy) is 1. The molecule has 18 heavy (non-hydrogen) atoms. The molecule has 0 aromatic carbocycles. The molecule has 1 aromatic rings. The lowest BCUT2D eigenvalue weighted by atomic mass is 10.2. The van der Waals surface area contributed by atoms with Crippen LogP contribution in [0.25, 0.3) is 0 Å². The van der Waals surface area contributed by atoms with Crippen LogP contribution in [0.4, 0.5) is 0 Å². The quantitative estimate of drug-likeness (QED) is 0.474. The van der Waals surface area contributed by atoms with Crippen molar-refractivity contribution in [2.75, 3.05) is 13.2 Å². The van der Waals surface area contributed by atoms with E-state index in [9.17, 15) is 9.59 Å². The summed E-state index contributed by atoms with van der Waals surface area (Å²) in [6.45, 7) is 4.36. The molecule has 0 unspecified atom stereocenters. The highest BCUT2D eigenvalue weighted by atomic mass is 35.5. The van der Waals surface area contributed by atoms with E-state index in [4.69, 9.17) is 11.6 Å². The van der Waals surface area contributed by atoms with Gasteiger partial charge in [-0.25, -0.2) is 9.78 Å². The molecule has 1 rings (SSSR count). The third-order valence-corrected chi connectivity index (χ3v) is 2.50. The van der Waals surface area contributed by atoms with Gasteiger partial charge in [0, 0.05) is 19.3 Å². The topological polar surface area (TPSA) is 59.5 Å². The van der Waals surface area contributed by atoms with E-state index in [-0.39, 0.29) is 6.61 Å². The molecular formula is C12H15ClN2O3. The number of amides is 1. The summed E-state index contributed by atoms with van der Waals surface area (Å²) in [4.78, 5) is 28.4. The summed E-state index contributed by atoms with van der Waals surface area (Å²) in [5.41, 5.74) is 0.805. The van der Waals surface area contributed by atoms with Crippen molar-refractivity contribution in [3.8, 4) is 0 Å². The van der Waals surface area contributed by atoms with E-state index in [2.05, 4.69) is 9.72 Å². The largest absolute Gasteiger partial charge is 0.459 e. The minimum atomic E-state index is -0.832. The Bertz CT molecular complexity index is 420. The van der Waals surface area contributed by atoms with Crippen LogP contribution in [0.1, 0.15) is 19.4 Å². The summed E-state index contributed by atoms with van der Waals surface area (Å²) in [6.07, 6.45) is 1.57. The summed E-state index contributed by atoms with van der Waals surface area (Å²) >= 11 is 5.67. The van der Waals surface area contributed by atoms with Gasteiger partial charge in [0.25, 0.3) is 0 Å². The molecule has 1 amide bonds. The molecule has 0 aliphatic heterocycles. The fourth-order valence-electron chi connectivity index (χ4n) is 1.37. The average Bonchev–Trinajstić information content (AvgIpc) is 2.37. The Morgan fingerprint density at radius 3 is 2.61 bits per heavy atom. The summed E-state index contributed by atoms with van der Waals surface area (Å²) in [7, 11) is 0. The van der Waals surface area contributed by atoms with Crippen molar-refractivity contribution in [1.82, 2.24) is 9.88 Å². The number of esters is 1. The van der Waals surface area contributed by atoms with E-state index >= 15 is 0 Å². The second-order valence-electron chi connectivity index (χ2n) is 3.53. The van der Waals surface area contributed by atoms with E-state index in [1.54, 1.807) is 32.2 Å². The minimum absolute atomic E-state index is 0.185. The Hall–Kier alpha value is -1.62. The molecule has 0 aliphatic rings. The fourth-order valence-corrected chi connectivity index (χ4v) is 1.48. The maximum atomic E-state index is 11.7. The maximum absolute atomic E-state index is 11.7. The van der Waals surface area contributed by atoms with Gasteiger partial charge in [-0.1, -0.05) is 17.7 Å². The molecule has 0 N–H and O–H groups in total. The summed E-state index contributed by atoms with van der Waals surface area (Å²) in [6, 6.07) is 3.40. The Morgan fingerprint density at radius 1 is 1.39 bits per heavy atom.